The zero-order valence-corrected chi connectivity index (χ0v) is 13.6. The fourth-order valence-electron chi connectivity index (χ4n) is 2.07. The van der Waals surface area contributed by atoms with Crippen molar-refractivity contribution in [2.45, 2.75) is 26.4 Å². The first-order chi connectivity index (χ1) is 11.2. The van der Waals surface area contributed by atoms with Gasteiger partial charge in [0, 0.05) is 11.3 Å². The molecule has 24 heavy (non-hydrogen) atoms. The van der Waals surface area contributed by atoms with Gasteiger partial charge in [0.05, 0.1) is 5.56 Å². The van der Waals surface area contributed by atoms with Crippen LogP contribution in [-0.4, -0.2) is 22.8 Å². The lowest BCUT2D eigenvalue weighted by molar-refractivity contribution is 0.0634. The van der Waals surface area contributed by atoms with Crippen LogP contribution in [0.3, 0.4) is 0 Å². The number of carbonyl (C=O) groups is 2. The Balaban J connectivity index is 2.25. The second-order valence-electron chi connectivity index (χ2n) is 6.21. The summed E-state index contributed by atoms with van der Waals surface area (Å²) in [5, 5.41) is 11.5. The van der Waals surface area contributed by atoms with Crippen molar-refractivity contribution in [3.8, 4) is 11.1 Å². The van der Waals surface area contributed by atoms with Crippen molar-refractivity contribution in [1.82, 2.24) is 0 Å². The van der Waals surface area contributed by atoms with Crippen LogP contribution < -0.4 is 5.32 Å². The summed E-state index contributed by atoms with van der Waals surface area (Å²) in [5.41, 5.74) is 0.453. The maximum atomic E-state index is 14.1. The minimum absolute atomic E-state index is 0.126. The molecular formula is C18H18FNO4. The average molecular weight is 331 g/mol. The fourth-order valence-corrected chi connectivity index (χ4v) is 2.07. The van der Waals surface area contributed by atoms with Gasteiger partial charge in [-0.1, -0.05) is 18.2 Å². The Labute approximate surface area is 139 Å². The second kappa shape index (κ2) is 6.70. The monoisotopic (exact) mass is 331 g/mol. The van der Waals surface area contributed by atoms with E-state index in [2.05, 4.69) is 5.32 Å². The molecule has 0 aliphatic carbocycles. The van der Waals surface area contributed by atoms with E-state index in [-0.39, 0.29) is 11.1 Å². The lowest BCUT2D eigenvalue weighted by Gasteiger charge is -2.19. The van der Waals surface area contributed by atoms with Crippen LogP contribution in [-0.2, 0) is 4.74 Å². The molecule has 0 saturated heterocycles. The normalized spacial score (nSPS) is 11.0. The van der Waals surface area contributed by atoms with Crippen molar-refractivity contribution in [1.29, 1.82) is 0 Å². The Morgan fingerprint density at radius 1 is 1.12 bits per heavy atom. The lowest BCUT2D eigenvalue weighted by Crippen LogP contribution is -2.27. The molecule has 0 heterocycles. The Morgan fingerprint density at radius 2 is 1.83 bits per heavy atom. The molecule has 6 heteroatoms. The maximum Gasteiger partial charge on any atom is 0.412 e. The van der Waals surface area contributed by atoms with Crippen LogP contribution in [0.15, 0.2) is 42.5 Å². The lowest BCUT2D eigenvalue weighted by atomic mass is 10.0. The first-order valence-corrected chi connectivity index (χ1v) is 7.29. The summed E-state index contributed by atoms with van der Waals surface area (Å²) < 4.78 is 19.3. The van der Waals surface area contributed by atoms with Crippen LogP contribution >= 0.6 is 0 Å². The highest BCUT2D eigenvalue weighted by Crippen LogP contribution is 2.26. The Bertz CT molecular complexity index is 781. The van der Waals surface area contributed by atoms with Gasteiger partial charge in [-0.2, -0.15) is 0 Å². The smallest absolute Gasteiger partial charge is 0.412 e. The maximum absolute atomic E-state index is 14.1. The van der Waals surface area contributed by atoms with Gasteiger partial charge in [-0.05, 0) is 50.6 Å². The largest absolute Gasteiger partial charge is 0.478 e. The van der Waals surface area contributed by atoms with E-state index in [1.165, 1.54) is 12.1 Å². The van der Waals surface area contributed by atoms with Gasteiger partial charge in [0.25, 0.3) is 0 Å². The van der Waals surface area contributed by atoms with Gasteiger partial charge in [0.1, 0.15) is 11.4 Å². The molecule has 1 amide bonds. The second-order valence-corrected chi connectivity index (χ2v) is 6.21. The van der Waals surface area contributed by atoms with E-state index in [0.717, 1.165) is 6.07 Å². The molecule has 2 N–H and O–H groups in total. The van der Waals surface area contributed by atoms with Crippen LogP contribution in [0.4, 0.5) is 14.9 Å². The van der Waals surface area contributed by atoms with Crippen LogP contribution in [0, 0.1) is 5.82 Å². The summed E-state index contributed by atoms with van der Waals surface area (Å²) in [6.45, 7) is 5.26. The molecule has 2 aromatic rings. The zero-order chi connectivity index (χ0) is 17.9. The number of halogens is 1. The predicted octanol–water partition coefficient (Wildman–Crippen LogP) is 4.54. The molecule has 0 spiro atoms. The summed E-state index contributed by atoms with van der Waals surface area (Å²) in [6.07, 6.45) is -0.610. The number of hydrogen-bond donors (Lipinski definition) is 2. The number of carbonyl (C=O) groups excluding carboxylic acids is 1. The van der Waals surface area contributed by atoms with Gasteiger partial charge in [0.15, 0.2) is 0 Å². The summed E-state index contributed by atoms with van der Waals surface area (Å²) in [6, 6.07) is 10.2. The molecule has 0 atom stereocenters. The number of nitrogens with one attached hydrogen (secondary N) is 1. The number of carboxylic acid groups (broad SMARTS) is 1. The number of carboxylic acids is 1. The third-order valence-electron chi connectivity index (χ3n) is 3.03. The quantitative estimate of drug-likeness (QED) is 0.866. The van der Waals surface area contributed by atoms with E-state index in [4.69, 9.17) is 9.84 Å². The molecule has 2 aromatic carbocycles. The number of ether oxygens (including phenoxy) is 1. The van der Waals surface area contributed by atoms with E-state index in [0.29, 0.717) is 11.3 Å². The van der Waals surface area contributed by atoms with Crippen molar-refractivity contribution in [3.63, 3.8) is 0 Å². The Kier molecular flexibility index (Phi) is 4.87. The van der Waals surface area contributed by atoms with Gasteiger partial charge < -0.3 is 9.84 Å². The SMILES string of the molecule is CC(C)(C)OC(=O)Nc1cccc(-c2ccc(C(=O)O)cc2F)c1. The van der Waals surface area contributed by atoms with Crippen LogP contribution in [0.5, 0.6) is 0 Å². The van der Waals surface area contributed by atoms with Gasteiger partial charge in [-0.25, -0.2) is 14.0 Å². The highest BCUT2D eigenvalue weighted by Gasteiger charge is 2.16. The van der Waals surface area contributed by atoms with E-state index in [9.17, 15) is 14.0 Å². The molecule has 0 saturated carbocycles. The molecule has 2 rings (SSSR count). The number of aromatic carboxylic acids is 1. The standard InChI is InChI=1S/C18H18FNO4/c1-18(2,3)24-17(23)20-13-6-4-5-11(9-13)14-8-7-12(16(21)22)10-15(14)19/h4-10H,1-3H3,(H,20,23)(H,21,22). The van der Waals surface area contributed by atoms with Gasteiger partial charge >= 0.3 is 12.1 Å². The van der Waals surface area contributed by atoms with Crippen molar-refractivity contribution >= 4 is 17.7 Å². The summed E-state index contributed by atoms with van der Waals surface area (Å²) >= 11 is 0. The first-order valence-electron chi connectivity index (χ1n) is 7.29. The molecule has 0 unspecified atom stereocenters. The average Bonchev–Trinajstić information content (AvgIpc) is 2.45. The number of anilines is 1. The van der Waals surface area contributed by atoms with Crippen molar-refractivity contribution in [3.05, 3.63) is 53.8 Å². The number of rotatable bonds is 3. The molecule has 0 radical (unpaired) electrons. The highest BCUT2D eigenvalue weighted by molar-refractivity contribution is 5.89. The number of benzene rings is 2. The fraction of sp³-hybridized carbons (Fsp3) is 0.222. The van der Waals surface area contributed by atoms with Crippen molar-refractivity contribution in [2.75, 3.05) is 5.32 Å². The topological polar surface area (TPSA) is 75.6 Å². The van der Waals surface area contributed by atoms with Gasteiger partial charge in [-0.15, -0.1) is 0 Å². The molecule has 0 fully saturated rings. The molecule has 0 bridgehead atoms. The van der Waals surface area contributed by atoms with E-state index in [1.807, 2.05) is 0 Å². The Hall–Kier alpha value is -2.89. The highest BCUT2D eigenvalue weighted by atomic mass is 19.1. The first kappa shape index (κ1) is 17.5. The van der Waals surface area contributed by atoms with Crippen LogP contribution in [0.1, 0.15) is 31.1 Å². The minimum Gasteiger partial charge on any atom is -0.478 e. The molecule has 0 aromatic heterocycles. The van der Waals surface area contributed by atoms with E-state index >= 15 is 0 Å². The van der Waals surface area contributed by atoms with E-state index < -0.39 is 23.5 Å². The number of hydrogen-bond acceptors (Lipinski definition) is 3. The van der Waals surface area contributed by atoms with Gasteiger partial charge in [-0.3, -0.25) is 5.32 Å². The van der Waals surface area contributed by atoms with Gasteiger partial charge in [0.2, 0.25) is 0 Å². The zero-order valence-electron chi connectivity index (χ0n) is 13.6. The van der Waals surface area contributed by atoms with Crippen molar-refractivity contribution < 1.29 is 23.8 Å². The van der Waals surface area contributed by atoms with Crippen LogP contribution in [0.25, 0.3) is 11.1 Å². The van der Waals surface area contributed by atoms with Crippen LogP contribution in [0.2, 0.25) is 0 Å². The minimum atomic E-state index is -1.19. The molecule has 126 valence electrons. The summed E-state index contributed by atoms with van der Waals surface area (Å²) in [7, 11) is 0. The summed E-state index contributed by atoms with van der Waals surface area (Å²) in [4.78, 5) is 22.7. The summed E-state index contributed by atoms with van der Waals surface area (Å²) in [5.74, 6) is -1.84. The van der Waals surface area contributed by atoms with Crippen molar-refractivity contribution in [2.24, 2.45) is 0 Å². The molecule has 0 aliphatic heterocycles. The molecule has 0 aliphatic rings. The predicted molar refractivity (Wildman–Crippen MR) is 88.7 cm³/mol. The third kappa shape index (κ3) is 4.55. The molecular weight excluding hydrogens is 313 g/mol. The van der Waals surface area contributed by atoms with E-state index in [1.54, 1.807) is 45.0 Å². The molecule has 5 nitrogen and oxygen atoms in total. The third-order valence-corrected chi connectivity index (χ3v) is 3.03. The number of amides is 1. The Morgan fingerprint density at radius 3 is 2.42 bits per heavy atom.